The van der Waals surface area contributed by atoms with Gasteiger partial charge in [-0.1, -0.05) is 43.6 Å². The Bertz CT molecular complexity index is 608. The predicted molar refractivity (Wildman–Crippen MR) is 87.8 cm³/mol. The maximum atomic E-state index is 6.51. The molecule has 0 unspecified atom stereocenters. The highest BCUT2D eigenvalue weighted by molar-refractivity contribution is 6.36. The highest BCUT2D eigenvalue weighted by Crippen LogP contribution is 2.28. The van der Waals surface area contributed by atoms with Crippen molar-refractivity contribution >= 4 is 22.5 Å². The second kappa shape index (κ2) is 6.39. The predicted octanol–water partition coefficient (Wildman–Crippen LogP) is 4.07. The van der Waals surface area contributed by atoms with Crippen molar-refractivity contribution in [2.24, 2.45) is 5.92 Å². The van der Waals surface area contributed by atoms with Crippen LogP contribution in [-0.2, 0) is 11.3 Å². The number of aromatic amines is 1. The van der Waals surface area contributed by atoms with Gasteiger partial charge in [-0.15, -0.1) is 0 Å². The summed E-state index contributed by atoms with van der Waals surface area (Å²) >= 11 is 6.51. The highest BCUT2D eigenvalue weighted by Gasteiger charge is 2.22. The van der Waals surface area contributed by atoms with Crippen LogP contribution < -0.4 is 0 Å². The first-order chi connectivity index (χ1) is 10.1. The maximum Gasteiger partial charge on any atom is 0.0705 e. The number of rotatable bonds is 4. The van der Waals surface area contributed by atoms with E-state index in [1.807, 2.05) is 12.1 Å². The van der Waals surface area contributed by atoms with Crippen LogP contribution in [0.2, 0.25) is 5.02 Å². The molecule has 0 amide bonds. The molecule has 2 heterocycles. The first-order valence-corrected chi connectivity index (χ1v) is 8.10. The van der Waals surface area contributed by atoms with E-state index in [0.29, 0.717) is 12.0 Å². The van der Waals surface area contributed by atoms with Gasteiger partial charge in [0, 0.05) is 36.2 Å². The first-order valence-electron chi connectivity index (χ1n) is 7.72. The zero-order valence-electron chi connectivity index (χ0n) is 12.7. The number of fused-ring (bicyclic) bond motifs is 1. The van der Waals surface area contributed by atoms with Gasteiger partial charge in [0.25, 0.3) is 0 Å². The zero-order valence-corrected chi connectivity index (χ0v) is 13.5. The maximum absolute atomic E-state index is 6.51. The molecule has 1 N–H and O–H groups in total. The van der Waals surface area contributed by atoms with E-state index >= 15 is 0 Å². The van der Waals surface area contributed by atoms with Gasteiger partial charge >= 0.3 is 0 Å². The summed E-state index contributed by atoms with van der Waals surface area (Å²) in [5.41, 5.74) is 2.23. The molecule has 2 aromatic rings. The van der Waals surface area contributed by atoms with Crippen molar-refractivity contribution in [3.05, 3.63) is 35.0 Å². The lowest BCUT2D eigenvalue weighted by atomic mass is 10.0. The number of H-pyrrole nitrogens is 1. The molecule has 21 heavy (non-hydrogen) atoms. The molecule has 1 aliphatic rings. The smallest absolute Gasteiger partial charge is 0.0705 e. The SMILES string of the molecule is CC(C)C[C@H]1CN(Cc2[nH]c3ccccc3c2Cl)CCO1. The van der Waals surface area contributed by atoms with E-state index < -0.39 is 0 Å². The van der Waals surface area contributed by atoms with Crippen molar-refractivity contribution in [2.75, 3.05) is 19.7 Å². The lowest BCUT2D eigenvalue weighted by Crippen LogP contribution is -2.42. The number of hydrogen-bond donors (Lipinski definition) is 1. The van der Waals surface area contributed by atoms with E-state index in [2.05, 4.69) is 35.9 Å². The number of morpholine rings is 1. The Hall–Kier alpha value is -1.03. The monoisotopic (exact) mass is 306 g/mol. The highest BCUT2D eigenvalue weighted by atomic mass is 35.5. The summed E-state index contributed by atoms with van der Waals surface area (Å²) in [4.78, 5) is 5.89. The first kappa shape index (κ1) is 14.9. The van der Waals surface area contributed by atoms with Crippen molar-refractivity contribution in [1.82, 2.24) is 9.88 Å². The molecule has 0 aliphatic carbocycles. The van der Waals surface area contributed by atoms with Crippen LogP contribution in [0.3, 0.4) is 0 Å². The molecule has 0 spiro atoms. The minimum atomic E-state index is 0.349. The van der Waals surface area contributed by atoms with E-state index in [9.17, 15) is 0 Å². The number of para-hydroxylation sites is 1. The molecule has 0 radical (unpaired) electrons. The van der Waals surface area contributed by atoms with Gasteiger partial charge in [0.15, 0.2) is 0 Å². The van der Waals surface area contributed by atoms with E-state index in [1.165, 1.54) is 0 Å². The quantitative estimate of drug-likeness (QED) is 0.922. The minimum absolute atomic E-state index is 0.349. The fourth-order valence-corrected chi connectivity index (χ4v) is 3.36. The van der Waals surface area contributed by atoms with E-state index in [4.69, 9.17) is 16.3 Å². The Kier molecular flexibility index (Phi) is 4.53. The van der Waals surface area contributed by atoms with Gasteiger partial charge < -0.3 is 9.72 Å². The standard InChI is InChI=1S/C17H23ClN2O/c1-12(2)9-13-10-20(7-8-21-13)11-16-17(18)14-5-3-4-6-15(14)19-16/h3-6,12-13,19H,7-11H2,1-2H3/t13-/m0/s1. The molecular formula is C17H23ClN2O. The van der Waals surface area contributed by atoms with Crippen LogP contribution in [0.5, 0.6) is 0 Å². The molecule has 4 heteroatoms. The Morgan fingerprint density at radius 1 is 1.38 bits per heavy atom. The van der Waals surface area contributed by atoms with Crippen LogP contribution >= 0.6 is 11.6 Å². The topological polar surface area (TPSA) is 28.3 Å². The number of benzene rings is 1. The average Bonchev–Trinajstić information content (AvgIpc) is 2.76. The molecule has 1 atom stereocenters. The second-order valence-corrected chi connectivity index (χ2v) is 6.70. The molecule has 1 saturated heterocycles. The number of hydrogen-bond acceptors (Lipinski definition) is 2. The third-order valence-corrected chi connectivity index (χ3v) is 4.48. The van der Waals surface area contributed by atoms with E-state index in [1.54, 1.807) is 0 Å². The van der Waals surface area contributed by atoms with Gasteiger partial charge in [-0.05, 0) is 18.4 Å². The van der Waals surface area contributed by atoms with E-state index in [0.717, 1.165) is 54.3 Å². The fourth-order valence-electron chi connectivity index (χ4n) is 3.09. The molecule has 3 rings (SSSR count). The number of ether oxygens (including phenoxy) is 1. The van der Waals surface area contributed by atoms with Gasteiger partial charge in [-0.2, -0.15) is 0 Å². The third-order valence-electron chi connectivity index (χ3n) is 4.05. The summed E-state index contributed by atoms with van der Waals surface area (Å²) in [5, 5.41) is 1.97. The number of halogens is 1. The number of nitrogens with one attached hydrogen (secondary N) is 1. The molecule has 0 saturated carbocycles. The van der Waals surface area contributed by atoms with Crippen LogP contribution in [-0.4, -0.2) is 35.7 Å². The Balaban J connectivity index is 1.71. The zero-order chi connectivity index (χ0) is 14.8. The van der Waals surface area contributed by atoms with E-state index in [-0.39, 0.29) is 0 Å². The Morgan fingerprint density at radius 3 is 2.95 bits per heavy atom. The Morgan fingerprint density at radius 2 is 2.19 bits per heavy atom. The Labute approximate surface area is 131 Å². The lowest BCUT2D eigenvalue weighted by molar-refractivity contribution is -0.0402. The fraction of sp³-hybridized carbons (Fsp3) is 0.529. The normalized spacial score (nSPS) is 20.5. The van der Waals surface area contributed by atoms with Gasteiger partial charge in [0.1, 0.15) is 0 Å². The van der Waals surface area contributed by atoms with Crippen molar-refractivity contribution < 1.29 is 4.74 Å². The molecule has 0 bridgehead atoms. The van der Waals surface area contributed by atoms with Crippen LogP contribution in [0.15, 0.2) is 24.3 Å². The van der Waals surface area contributed by atoms with Crippen molar-refractivity contribution in [3.63, 3.8) is 0 Å². The number of nitrogens with zero attached hydrogens (tertiary/aromatic N) is 1. The molecule has 114 valence electrons. The van der Waals surface area contributed by atoms with Crippen LogP contribution in [0, 0.1) is 5.92 Å². The van der Waals surface area contributed by atoms with Crippen molar-refractivity contribution in [3.8, 4) is 0 Å². The summed E-state index contributed by atoms with van der Waals surface area (Å²) in [7, 11) is 0. The minimum Gasteiger partial charge on any atom is -0.376 e. The van der Waals surface area contributed by atoms with Crippen LogP contribution in [0.1, 0.15) is 26.0 Å². The average molecular weight is 307 g/mol. The summed E-state index contributed by atoms with van der Waals surface area (Å²) in [5.74, 6) is 0.673. The van der Waals surface area contributed by atoms with Crippen molar-refractivity contribution in [2.45, 2.75) is 32.9 Å². The summed E-state index contributed by atoms with van der Waals surface area (Å²) in [6, 6.07) is 8.20. The largest absolute Gasteiger partial charge is 0.376 e. The molecule has 1 aromatic heterocycles. The molecule has 1 fully saturated rings. The summed E-state index contributed by atoms with van der Waals surface area (Å²) in [6.07, 6.45) is 1.47. The molecule has 1 aliphatic heterocycles. The van der Waals surface area contributed by atoms with Gasteiger partial charge in [-0.25, -0.2) is 0 Å². The number of aromatic nitrogens is 1. The molecule has 1 aromatic carbocycles. The van der Waals surface area contributed by atoms with Crippen LogP contribution in [0.25, 0.3) is 10.9 Å². The molecule has 3 nitrogen and oxygen atoms in total. The summed E-state index contributed by atoms with van der Waals surface area (Å²) < 4.78 is 5.86. The van der Waals surface area contributed by atoms with Gasteiger partial charge in [-0.3, -0.25) is 4.90 Å². The van der Waals surface area contributed by atoms with Gasteiger partial charge in [0.2, 0.25) is 0 Å². The summed E-state index contributed by atoms with van der Waals surface area (Å²) in [6.45, 7) is 8.14. The second-order valence-electron chi connectivity index (χ2n) is 6.32. The third kappa shape index (κ3) is 3.42. The van der Waals surface area contributed by atoms with Crippen LogP contribution in [0.4, 0.5) is 0 Å². The van der Waals surface area contributed by atoms with Crippen molar-refractivity contribution in [1.29, 1.82) is 0 Å². The molecular weight excluding hydrogens is 284 g/mol. The lowest BCUT2D eigenvalue weighted by Gasteiger charge is -2.33. The van der Waals surface area contributed by atoms with Gasteiger partial charge in [0.05, 0.1) is 17.7 Å².